The average Bonchev–Trinajstić information content (AvgIpc) is 3.33. The summed E-state index contributed by atoms with van der Waals surface area (Å²) in [5.41, 5.74) is 3.78. The molecular weight excluding hydrogens is 454 g/mol. The molecule has 0 fully saturated rings. The van der Waals surface area contributed by atoms with Crippen LogP contribution in [0.4, 0.5) is 5.69 Å². The Kier molecular flexibility index (Phi) is 6.73. The van der Waals surface area contributed by atoms with Crippen LogP contribution in [-0.4, -0.2) is 48.6 Å². The first-order valence-electron chi connectivity index (χ1n) is 12.1. The van der Waals surface area contributed by atoms with Gasteiger partial charge in [-0.15, -0.1) is 0 Å². The molecule has 0 aliphatic carbocycles. The minimum atomic E-state index is -0.624. The molecular formula is C29H29N3O4. The molecule has 4 aromatic rings. The van der Waals surface area contributed by atoms with Gasteiger partial charge in [0.2, 0.25) is 5.91 Å². The molecule has 0 radical (unpaired) electrons. The number of aromatic nitrogens is 1. The van der Waals surface area contributed by atoms with E-state index in [9.17, 15) is 9.59 Å². The van der Waals surface area contributed by atoms with E-state index in [1.54, 1.807) is 18.1 Å². The smallest absolute Gasteiger partial charge is 0.254 e. The molecule has 2 unspecified atom stereocenters. The zero-order chi connectivity index (χ0) is 25.1. The van der Waals surface area contributed by atoms with Crippen LogP contribution in [0.25, 0.3) is 10.9 Å². The van der Waals surface area contributed by atoms with Crippen molar-refractivity contribution in [3.8, 4) is 5.75 Å². The number of anilines is 1. The molecule has 1 aliphatic rings. The lowest BCUT2D eigenvalue weighted by Gasteiger charge is -2.41. The highest BCUT2D eigenvalue weighted by atomic mass is 16.5. The summed E-state index contributed by atoms with van der Waals surface area (Å²) in [7, 11) is 1.61. The fourth-order valence-electron chi connectivity index (χ4n) is 5.02. The third-order valence-corrected chi connectivity index (χ3v) is 6.63. The number of H-pyrrole nitrogens is 1. The molecule has 0 spiro atoms. The Labute approximate surface area is 210 Å². The van der Waals surface area contributed by atoms with Crippen molar-refractivity contribution in [2.75, 3.05) is 32.2 Å². The van der Waals surface area contributed by atoms with Gasteiger partial charge in [-0.1, -0.05) is 36.4 Å². The Morgan fingerprint density at radius 3 is 2.53 bits per heavy atom. The van der Waals surface area contributed by atoms with E-state index in [0.717, 1.165) is 27.8 Å². The van der Waals surface area contributed by atoms with Gasteiger partial charge in [-0.25, -0.2) is 0 Å². The molecule has 7 heteroatoms. The van der Waals surface area contributed by atoms with Gasteiger partial charge >= 0.3 is 0 Å². The lowest BCUT2D eigenvalue weighted by Crippen LogP contribution is -2.47. The fourth-order valence-corrected chi connectivity index (χ4v) is 5.02. The normalized spacial score (nSPS) is 17.2. The molecule has 5 rings (SSSR count). The van der Waals surface area contributed by atoms with E-state index in [1.807, 2.05) is 79.9 Å². The lowest BCUT2D eigenvalue weighted by atomic mass is 9.79. The summed E-state index contributed by atoms with van der Waals surface area (Å²) >= 11 is 0. The Bertz CT molecular complexity index is 1380. The number of ether oxygens (including phenoxy) is 2. The molecule has 2 N–H and O–H groups in total. The van der Waals surface area contributed by atoms with Crippen molar-refractivity contribution in [1.29, 1.82) is 0 Å². The summed E-state index contributed by atoms with van der Waals surface area (Å²) in [4.78, 5) is 32.8. The average molecular weight is 484 g/mol. The van der Waals surface area contributed by atoms with Crippen molar-refractivity contribution in [2.45, 2.75) is 18.9 Å². The quantitative estimate of drug-likeness (QED) is 0.364. The Morgan fingerprint density at radius 1 is 1.00 bits per heavy atom. The first kappa shape index (κ1) is 23.6. The Morgan fingerprint density at radius 2 is 1.75 bits per heavy atom. The topological polar surface area (TPSA) is 83.7 Å². The van der Waals surface area contributed by atoms with Crippen LogP contribution in [0.2, 0.25) is 0 Å². The van der Waals surface area contributed by atoms with Crippen LogP contribution in [0, 0.1) is 0 Å². The van der Waals surface area contributed by atoms with E-state index in [1.165, 1.54) is 0 Å². The monoisotopic (exact) mass is 483 g/mol. The van der Waals surface area contributed by atoms with E-state index >= 15 is 0 Å². The number of rotatable bonds is 8. The van der Waals surface area contributed by atoms with Gasteiger partial charge in [-0.2, -0.15) is 0 Å². The summed E-state index contributed by atoms with van der Waals surface area (Å²) in [6.07, 6.45) is 1.91. The van der Waals surface area contributed by atoms with Crippen LogP contribution in [0.3, 0.4) is 0 Å². The molecule has 1 aromatic heterocycles. The number of aromatic amines is 1. The number of fused-ring (bicyclic) bond motifs is 2. The van der Waals surface area contributed by atoms with Crippen LogP contribution < -0.4 is 10.1 Å². The highest BCUT2D eigenvalue weighted by Gasteiger charge is 2.44. The second-order valence-corrected chi connectivity index (χ2v) is 8.74. The second-order valence-electron chi connectivity index (χ2n) is 8.74. The predicted molar refractivity (Wildman–Crippen MR) is 139 cm³/mol. The van der Waals surface area contributed by atoms with E-state index in [-0.39, 0.29) is 11.8 Å². The van der Waals surface area contributed by atoms with Crippen LogP contribution in [0.5, 0.6) is 5.75 Å². The van der Waals surface area contributed by atoms with Gasteiger partial charge in [-0.05, 0) is 48.9 Å². The van der Waals surface area contributed by atoms with Crippen LogP contribution in [0.15, 0.2) is 79.0 Å². The molecule has 36 heavy (non-hydrogen) atoms. The van der Waals surface area contributed by atoms with Crippen molar-refractivity contribution in [1.82, 2.24) is 9.88 Å². The van der Waals surface area contributed by atoms with Gasteiger partial charge in [0.25, 0.3) is 5.91 Å². The summed E-state index contributed by atoms with van der Waals surface area (Å²) in [5.74, 6) is -0.173. The summed E-state index contributed by atoms with van der Waals surface area (Å²) in [6, 6.07) is 22.1. The number of carbonyl (C=O) groups excluding carboxylic acids is 2. The number of para-hydroxylation sites is 1. The van der Waals surface area contributed by atoms with Gasteiger partial charge in [0.1, 0.15) is 5.75 Å². The summed E-state index contributed by atoms with van der Waals surface area (Å²) < 4.78 is 10.9. The van der Waals surface area contributed by atoms with E-state index < -0.39 is 12.0 Å². The molecule has 7 nitrogen and oxygen atoms in total. The van der Waals surface area contributed by atoms with Gasteiger partial charge in [0, 0.05) is 47.6 Å². The molecule has 184 valence electrons. The molecule has 0 saturated carbocycles. The SMILES string of the molecule is CCOc1ccc(NC(=O)C2c3ccccc3C(=O)N(CCOC)C2c2c[nH]c3ccccc23)cc1. The molecule has 3 aromatic carbocycles. The van der Waals surface area contributed by atoms with E-state index in [2.05, 4.69) is 10.3 Å². The largest absolute Gasteiger partial charge is 0.494 e. The zero-order valence-electron chi connectivity index (χ0n) is 20.4. The van der Waals surface area contributed by atoms with Crippen molar-refractivity contribution in [3.05, 3.63) is 95.7 Å². The zero-order valence-corrected chi connectivity index (χ0v) is 20.4. The van der Waals surface area contributed by atoms with Gasteiger partial charge in [0.05, 0.1) is 25.2 Å². The number of amides is 2. The minimum Gasteiger partial charge on any atom is -0.494 e. The third kappa shape index (κ3) is 4.33. The first-order valence-corrected chi connectivity index (χ1v) is 12.1. The highest BCUT2D eigenvalue weighted by molar-refractivity contribution is 6.05. The Hall–Kier alpha value is -4.10. The minimum absolute atomic E-state index is 0.108. The second kappa shape index (κ2) is 10.3. The number of methoxy groups -OCH3 is 1. The molecule has 2 atom stereocenters. The van der Waals surface area contributed by atoms with Gasteiger partial charge < -0.3 is 24.7 Å². The number of carbonyl (C=O) groups is 2. The molecule has 2 amide bonds. The number of benzene rings is 3. The number of nitrogens with zero attached hydrogens (tertiary/aromatic N) is 1. The van der Waals surface area contributed by atoms with Crippen molar-refractivity contribution < 1.29 is 19.1 Å². The maximum atomic E-state index is 14.0. The maximum Gasteiger partial charge on any atom is 0.254 e. The number of nitrogens with one attached hydrogen (secondary N) is 2. The Balaban J connectivity index is 1.61. The van der Waals surface area contributed by atoms with Gasteiger partial charge in [0.15, 0.2) is 0 Å². The molecule has 0 saturated heterocycles. The van der Waals surface area contributed by atoms with Crippen LogP contribution in [-0.2, 0) is 9.53 Å². The third-order valence-electron chi connectivity index (χ3n) is 6.63. The molecule has 1 aliphatic heterocycles. The van der Waals surface area contributed by atoms with Crippen LogP contribution >= 0.6 is 0 Å². The van der Waals surface area contributed by atoms with Crippen molar-refractivity contribution >= 4 is 28.4 Å². The lowest BCUT2D eigenvalue weighted by molar-refractivity contribution is -0.119. The van der Waals surface area contributed by atoms with E-state index in [4.69, 9.17) is 9.47 Å². The molecule has 2 heterocycles. The van der Waals surface area contributed by atoms with Gasteiger partial charge in [-0.3, -0.25) is 9.59 Å². The van der Waals surface area contributed by atoms with Crippen molar-refractivity contribution in [3.63, 3.8) is 0 Å². The number of hydrogen-bond donors (Lipinski definition) is 2. The highest BCUT2D eigenvalue weighted by Crippen LogP contribution is 2.45. The summed E-state index contributed by atoms with van der Waals surface area (Å²) in [5, 5.41) is 4.06. The van der Waals surface area contributed by atoms with Crippen LogP contribution in [0.1, 0.15) is 40.4 Å². The predicted octanol–water partition coefficient (Wildman–Crippen LogP) is 5.13. The van der Waals surface area contributed by atoms with Crippen molar-refractivity contribution in [2.24, 2.45) is 0 Å². The van der Waals surface area contributed by atoms with E-state index in [0.29, 0.717) is 31.0 Å². The first-order chi connectivity index (χ1) is 17.6. The fraction of sp³-hybridized carbons (Fsp3) is 0.241. The molecule has 0 bridgehead atoms. The number of hydrogen-bond acceptors (Lipinski definition) is 4. The standard InChI is InChI=1S/C29H29N3O4/c1-3-36-20-14-12-19(13-15-20)31-28(33)26-22-9-4-5-10-23(22)29(34)32(16-17-35-2)27(26)24-18-30-25-11-7-6-8-21(24)25/h4-15,18,26-27,30H,3,16-17H2,1-2H3,(H,31,33). The maximum absolute atomic E-state index is 14.0. The summed E-state index contributed by atoms with van der Waals surface area (Å²) in [6.45, 7) is 3.22.